The van der Waals surface area contributed by atoms with Gasteiger partial charge in [-0.2, -0.15) is 13.2 Å². The summed E-state index contributed by atoms with van der Waals surface area (Å²) < 4.78 is 42.0. The Balaban J connectivity index is 2.26. The predicted octanol–water partition coefficient (Wildman–Crippen LogP) is 1.85. The third-order valence-corrected chi connectivity index (χ3v) is 2.20. The second kappa shape index (κ2) is 3.79. The van der Waals surface area contributed by atoms with Crippen molar-refractivity contribution in [2.75, 3.05) is 6.54 Å². The minimum Gasteiger partial charge on any atom is -0.441 e. The Morgan fingerprint density at radius 2 is 2.12 bits per heavy atom. The molecule has 0 aliphatic carbocycles. The van der Waals surface area contributed by atoms with E-state index in [-0.39, 0.29) is 6.54 Å². The molecule has 1 aromatic rings. The predicted molar refractivity (Wildman–Crippen MR) is 48.3 cm³/mol. The molecule has 1 N–H and O–H groups in total. The molecule has 1 fully saturated rings. The first-order valence-corrected chi connectivity index (χ1v) is 4.57. The van der Waals surface area contributed by atoms with Gasteiger partial charge in [0.25, 0.3) is 0 Å². The fourth-order valence-corrected chi connectivity index (χ4v) is 1.45. The zero-order chi connectivity index (χ0) is 11.8. The second-order valence-electron chi connectivity index (χ2n) is 3.37. The van der Waals surface area contributed by atoms with Crippen LogP contribution in [0.15, 0.2) is 24.3 Å². The van der Waals surface area contributed by atoms with Crippen LogP contribution >= 0.6 is 0 Å². The molecule has 6 heteroatoms. The van der Waals surface area contributed by atoms with Crippen LogP contribution in [0.4, 0.5) is 13.2 Å². The number of alkyl halides is 3. The lowest BCUT2D eigenvalue weighted by Crippen LogP contribution is -2.15. The smallest absolute Gasteiger partial charge is 0.416 e. The van der Waals surface area contributed by atoms with Crippen LogP contribution < -0.4 is 5.32 Å². The molecule has 1 unspecified atom stereocenters. The van der Waals surface area contributed by atoms with Crippen molar-refractivity contribution in [3.05, 3.63) is 35.4 Å². The quantitative estimate of drug-likeness (QED) is 0.749. The third kappa shape index (κ3) is 2.16. The van der Waals surface area contributed by atoms with E-state index in [9.17, 15) is 18.0 Å². The summed E-state index contributed by atoms with van der Waals surface area (Å²) >= 11 is 0. The number of benzene rings is 1. The van der Waals surface area contributed by atoms with Gasteiger partial charge in [0.2, 0.25) is 0 Å². The molecule has 86 valence electrons. The molecule has 0 bridgehead atoms. The van der Waals surface area contributed by atoms with E-state index in [1.54, 1.807) is 0 Å². The number of nitrogens with one attached hydrogen (secondary N) is 1. The van der Waals surface area contributed by atoms with Crippen LogP contribution in [0.3, 0.4) is 0 Å². The minimum absolute atomic E-state index is 0.0148. The molecule has 0 saturated carbocycles. The molecule has 1 aliphatic rings. The molecule has 1 atom stereocenters. The van der Waals surface area contributed by atoms with Crippen molar-refractivity contribution in [1.82, 2.24) is 5.32 Å². The number of hydrogen-bond acceptors (Lipinski definition) is 3. The first-order valence-electron chi connectivity index (χ1n) is 4.57. The number of carbonyl (C=O) groups is 1. The summed E-state index contributed by atoms with van der Waals surface area (Å²) in [7, 11) is 0. The normalized spacial score (nSPS) is 20.9. The molecule has 0 amide bonds. The Morgan fingerprint density at radius 1 is 1.38 bits per heavy atom. The number of hydrogen-bond donors (Lipinski definition) is 1. The van der Waals surface area contributed by atoms with Crippen LogP contribution in [0.1, 0.15) is 17.4 Å². The van der Waals surface area contributed by atoms with Gasteiger partial charge in [-0.15, -0.1) is 0 Å². The lowest BCUT2D eigenvalue weighted by molar-refractivity contribution is -0.140. The van der Waals surface area contributed by atoms with Gasteiger partial charge in [0.15, 0.2) is 6.23 Å². The molecule has 1 heterocycles. The Morgan fingerprint density at radius 3 is 2.69 bits per heavy atom. The summed E-state index contributed by atoms with van der Waals surface area (Å²) in [4.78, 5) is 10.8. The van der Waals surface area contributed by atoms with Crippen LogP contribution in [-0.4, -0.2) is 12.5 Å². The Bertz CT molecular complexity index is 417. The average molecular weight is 231 g/mol. The number of halogens is 3. The molecule has 16 heavy (non-hydrogen) atoms. The molecule has 0 spiro atoms. The standard InChI is InChI=1S/C10H8F3NO2/c11-10(12,13)7-3-1-2-6(4-7)9-14-5-8(15)16-9/h1-4,9,14H,5H2. The summed E-state index contributed by atoms with van der Waals surface area (Å²) in [5.74, 6) is -0.470. The summed E-state index contributed by atoms with van der Waals surface area (Å²) in [6.45, 7) is 0.0148. The average Bonchev–Trinajstić information content (AvgIpc) is 2.64. The van der Waals surface area contributed by atoms with E-state index < -0.39 is 23.9 Å². The zero-order valence-electron chi connectivity index (χ0n) is 8.04. The molecule has 1 saturated heterocycles. The number of cyclic esters (lactones) is 1. The number of rotatable bonds is 1. The highest BCUT2D eigenvalue weighted by atomic mass is 19.4. The van der Waals surface area contributed by atoms with Crippen molar-refractivity contribution in [3.8, 4) is 0 Å². The molecular weight excluding hydrogens is 223 g/mol. The van der Waals surface area contributed by atoms with E-state index in [0.29, 0.717) is 5.56 Å². The van der Waals surface area contributed by atoms with Crippen LogP contribution in [0.25, 0.3) is 0 Å². The van der Waals surface area contributed by atoms with E-state index in [1.165, 1.54) is 12.1 Å². The Kier molecular flexibility index (Phi) is 2.59. The monoisotopic (exact) mass is 231 g/mol. The largest absolute Gasteiger partial charge is 0.441 e. The Hall–Kier alpha value is -1.56. The Labute approximate surface area is 89.2 Å². The van der Waals surface area contributed by atoms with Crippen molar-refractivity contribution in [1.29, 1.82) is 0 Å². The highest BCUT2D eigenvalue weighted by Gasteiger charge is 2.32. The zero-order valence-corrected chi connectivity index (χ0v) is 8.04. The topological polar surface area (TPSA) is 38.3 Å². The van der Waals surface area contributed by atoms with E-state index in [1.807, 2.05) is 0 Å². The molecule has 0 radical (unpaired) electrons. The first kappa shape index (κ1) is 10.9. The van der Waals surface area contributed by atoms with Gasteiger partial charge < -0.3 is 4.74 Å². The number of ether oxygens (including phenoxy) is 1. The number of esters is 1. The van der Waals surface area contributed by atoms with Gasteiger partial charge in [-0.1, -0.05) is 12.1 Å². The van der Waals surface area contributed by atoms with Crippen LogP contribution in [0.2, 0.25) is 0 Å². The lowest BCUT2D eigenvalue weighted by atomic mass is 10.1. The fraction of sp³-hybridized carbons (Fsp3) is 0.300. The third-order valence-electron chi connectivity index (χ3n) is 2.20. The maximum atomic E-state index is 12.4. The highest BCUT2D eigenvalue weighted by Crippen LogP contribution is 2.31. The van der Waals surface area contributed by atoms with Crippen LogP contribution in [0, 0.1) is 0 Å². The van der Waals surface area contributed by atoms with E-state index in [2.05, 4.69) is 5.32 Å². The lowest BCUT2D eigenvalue weighted by Gasteiger charge is -2.12. The molecule has 2 rings (SSSR count). The second-order valence-corrected chi connectivity index (χ2v) is 3.37. The molecule has 3 nitrogen and oxygen atoms in total. The van der Waals surface area contributed by atoms with Gasteiger partial charge in [-0.05, 0) is 12.1 Å². The first-order chi connectivity index (χ1) is 7.47. The van der Waals surface area contributed by atoms with Crippen molar-refractivity contribution in [3.63, 3.8) is 0 Å². The van der Waals surface area contributed by atoms with Crippen molar-refractivity contribution < 1.29 is 22.7 Å². The maximum Gasteiger partial charge on any atom is 0.416 e. The van der Waals surface area contributed by atoms with Crippen LogP contribution in [0.5, 0.6) is 0 Å². The van der Waals surface area contributed by atoms with Crippen LogP contribution in [-0.2, 0) is 15.7 Å². The summed E-state index contributed by atoms with van der Waals surface area (Å²) in [6, 6.07) is 4.70. The SMILES string of the molecule is O=C1CNC(c2cccc(C(F)(F)F)c2)O1. The van der Waals surface area contributed by atoms with Gasteiger partial charge in [0.05, 0.1) is 12.1 Å². The van der Waals surface area contributed by atoms with Gasteiger partial charge in [-0.25, -0.2) is 0 Å². The van der Waals surface area contributed by atoms with Gasteiger partial charge in [0, 0.05) is 5.56 Å². The highest BCUT2D eigenvalue weighted by molar-refractivity contribution is 5.73. The van der Waals surface area contributed by atoms with Gasteiger partial charge in [0.1, 0.15) is 0 Å². The minimum atomic E-state index is -4.39. The van der Waals surface area contributed by atoms with Crippen molar-refractivity contribution >= 4 is 5.97 Å². The van der Waals surface area contributed by atoms with Crippen molar-refractivity contribution in [2.24, 2.45) is 0 Å². The van der Waals surface area contributed by atoms with E-state index >= 15 is 0 Å². The maximum absolute atomic E-state index is 12.4. The number of carbonyl (C=O) groups excluding carboxylic acids is 1. The van der Waals surface area contributed by atoms with Gasteiger partial charge >= 0.3 is 12.1 Å². The van der Waals surface area contributed by atoms with Gasteiger partial charge in [-0.3, -0.25) is 10.1 Å². The molecular formula is C10H8F3NO2. The molecule has 1 aromatic carbocycles. The fourth-order valence-electron chi connectivity index (χ4n) is 1.45. The van der Waals surface area contributed by atoms with E-state index in [0.717, 1.165) is 12.1 Å². The molecule has 0 aromatic heterocycles. The summed E-state index contributed by atoms with van der Waals surface area (Å²) in [6.07, 6.45) is -5.17. The summed E-state index contributed by atoms with van der Waals surface area (Å²) in [5.41, 5.74) is -0.463. The van der Waals surface area contributed by atoms with E-state index in [4.69, 9.17) is 4.74 Å². The van der Waals surface area contributed by atoms with Crippen molar-refractivity contribution in [2.45, 2.75) is 12.4 Å². The summed E-state index contributed by atoms with van der Waals surface area (Å²) in [5, 5.41) is 2.66. The molecule has 1 aliphatic heterocycles.